The summed E-state index contributed by atoms with van der Waals surface area (Å²) in [6.45, 7) is 10.9. The summed E-state index contributed by atoms with van der Waals surface area (Å²) in [6, 6.07) is 0.253. The summed E-state index contributed by atoms with van der Waals surface area (Å²) in [5.74, 6) is 0. The third-order valence-corrected chi connectivity index (χ3v) is 4.80. The molecule has 4 heteroatoms. The van der Waals surface area contributed by atoms with Crippen molar-refractivity contribution in [2.75, 3.05) is 13.2 Å². The van der Waals surface area contributed by atoms with Gasteiger partial charge >= 0.3 is 0 Å². The lowest BCUT2D eigenvalue weighted by molar-refractivity contribution is 0.123. The normalized spacial score (nSPS) is 19.1. The standard InChI is InChI=1S/C13H22N2OS/c1-9(8-16)15-6-5-10-11(7-15)17-12(14-10)13(2,3)4/h9,16H,5-8H2,1-4H3. The van der Waals surface area contributed by atoms with Gasteiger partial charge in [-0.05, 0) is 6.92 Å². The minimum absolute atomic E-state index is 0.148. The lowest BCUT2D eigenvalue weighted by Crippen LogP contribution is -2.39. The maximum Gasteiger partial charge on any atom is 0.0985 e. The van der Waals surface area contributed by atoms with Crippen LogP contribution in [0, 0.1) is 0 Å². The third-order valence-electron chi connectivity index (χ3n) is 3.29. The molecule has 2 rings (SSSR count). The van der Waals surface area contributed by atoms with Crippen molar-refractivity contribution >= 4 is 11.3 Å². The van der Waals surface area contributed by atoms with Crippen LogP contribution in [-0.4, -0.2) is 34.2 Å². The van der Waals surface area contributed by atoms with E-state index in [1.165, 1.54) is 15.6 Å². The number of aliphatic hydroxyl groups is 1. The average molecular weight is 254 g/mol. The minimum atomic E-state index is 0.148. The van der Waals surface area contributed by atoms with E-state index in [0.717, 1.165) is 19.5 Å². The Balaban J connectivity index is 2.19. The summed E-state index contributed by atoms with van der Waals surface area (Å²) in [4.78, 5) is 8.50. The number of thiazole rings is 1. The molecule has 0 saturated heterocycles. The van der Waals surface area contributed by atoms with Crippen molar-refractivity contribution in [1.29, 1.82) is 0 Å². The molecule has 3 nitrogen and oxygen atoms in total. The van der Waals surface area contributed by atoms with Gasteiger partial charge in [0.1, 0.15) is 0 Å². The van der Waals surface area contributed by atoms with Crippen LogP contribution in [0.5, 0.6) is 0 Å². The quantitative estimate of drug-likeness (QED) is 0.879. The second-order valence-corrected chi connectivity index (χ2v) is 6.97. The number of rotatable bonds is 2. The smallest absolute Gasteiger partial charge is 0.0985 e. The highest BCUT2D eigenvalue weighted by molar-refractivity contribution is 7.11. The summed E-state index contributed by atoms with van der Waals surface area (Å²) < 4.78 is 0. The first-order chi connectivity index (χ1) is 7.91. The largest absolute Gasteiger partial charge is 0.395 e. The lowest BCUT2D eigenvalue weighted by atomic mass is 9.98. The molecule has 1 aromatic heterocycles. The number of hydrogen-bond donors (Lipinski definition) is 1. The van der Waals surface area contributed by atoms with E-state index in [1.807, 2.05) is 11.3 Å². The molecule has 1 aromatic rings. The molecule has 0 spiro atoms. The van der Waals surface area contributed by atoms with Crippen molar-refractivity contribution < 1.29 is 5.11 Å². The zero-order valence-corrected chi connectivity index (χ0v) is 12.0. The maximum atomic E-state index is 9.22. The van der Waals surface area contributed by atoms with Crippen molar-refractivity contribution in [3.8, 4) is 0 Å². The van der Waals surface area contributed by atoms with Gasteiger partial charge in [0.15, 0.2) is 0 Å². The van der Waals surface area contributed by atoms with Gasteiger partial charge in [-0.15, -0.1) is 11.3 Å². The van der Waals surface area contributed by atoms with Crippen LogP contribution in [0.3, 0.4) is 0 Å². The number of fused-ring (bicyclic) bond motifs is 1. The minimum Gasteiger partial charge on any atom is -0.395 e. The zero-order valence-electron chi connectivity index (χ0n) is 11.2. The molecule has 1 aliphatic heterocycles. The van der Waals surface area contributed by atoms with E-state index in [4.69, 9.17) is 4.98 Å². The predicted octanol–water partition coefficient (Wildman–Crippen LogP) is 2.18. The monoisotopic (exact) mass is 254 g/mol. The van der Waals surface area contributed by atoms with Crippen LogP contribution in [0.1, 0.15) is 43.3 Å². The molecule has 0 saturated carbocycles. The summed E-state index contributed by atoms with van der Waals surface area (Å²) in [6.07, 6.45) is 1.02. The van der Waals surface area contributed by atoms with Gasteiger partial charge in [-0.2, -0.15) is 0 Å². The Bertz CT molecular complexity index is 395. The molecule has 1 N–H and O–H groups in total. The van der Waals surface area contributed by atoms with Crippen molar-refractivity contribution in [3.05, 3.63) is 15.6 Å². The summed E-state index contributed by atoms with van der Waals surface area (Å²) >= 11 is 1.84. The Labute approximate surface area is 107 Å². The first-order valence-electron chi connectivity index (χ1n) is 6.26. The molecule has 1 unspecified atom stereocenters. The van der Waals surface area contributed by atoms with Crippen LogP contribution < -0.4 is 0 Å². The van der Waals surface area contributed by atoms with Crippen LogP contribution >= 0.6 is 11.3 Å². The summed E-state index contributed by atoms with van der Waals surface area (Å²) in [7, 11) is 0. The molecule has 0 aliphatic carbocycles. The van der Waals surface area contributed by atoms with Crippen molar-refractivity contribution in [2.24, 2.45) is 0 Å². The van der Waals surface area contributed by atoms with Crippen LogP contribution in [0.2, 0.25) is 0 Å². The van der Waals surface area contributed by atoms with Crippen molar-refractivity contribution in [3.63, 3.8) is 0 Å². The number of nitrogens with zero attached hydrogens (tertiary/aromatic N) is 2. The first kappa shape index (κ1) is 13.0. The molecular formula is C13H22N2OS. The van der Waals surface area contributed by atoms with E-state index in [0.29, 0.717) is 0 Å². The molecule has 0 aromatic carbocycles. The van der Waals surface area contributed by atoms with Gasteiger partial charge in [0.05, 0.1) is 17.3 Å². The van der Waals surface area contributed by atoms with E-state index in [2.05, 4.69) is 32.6 Å². The fraction of sp³-hybridized carbons (Fsp3) is 0.769. The van der Waals surface area contributed by atoms with Crippen LogP contribution in [0.25, 0.3) is 0 Å². The Hall–Kier alpha value is -0.450. The van der Waals surface area contributed by atoms with E-state index < -0.39 is 0 Å². The van der Waals surface area contributed by atoms with E-state index >= 15 is 0 Å². The number of aliphatic hydroxyl groups excluding tert-OH is 1. The van der Waals surface area contributed by atoms with Gasteiger partial charge < -0.3 is 5.11 Å². The second kappa shape index (κ2) is 4.67. The third kappa shape index (κ3) is 2.69. The lowest BCUT2D eigenvalue weighted by Gasteiger charge is -2.30. The molecular weight excluding hydrogens is 232 g/mol. The fourth-order valence-electron chi connectivity index (χ4n) is 2.03. The van der Waals surface area contributed by atoms with Gasteiger partial charge in [-0.1, -0.05) is 20.8 Å². The summed E-state index contributed by atoms with van der Waals surface area (Å²) in [5.41, 5.74) is 1.43. The highest BCUT2D eigenvalue weighted by Gasteiger charge is 2.26. The van der Waals surface area contributed by atoms with Gasteiger partial charge in [0, 0.05) is 35.8 Å². The molecule has 17 heavy (non-hydrogen) atoms. The maximum absolute atomic E-state index is 9.22. The highest BCUT2D eigenvalue weighted by atomic mass is 32.1. The molecule has 0 amide bonds. The average Bonchev–Trinajstić information content (AvgIpc) is 2.70. The molecule has 0 radical (unpaired) electrons. The van der Waals surface area contributed by atoms with Crippen molar-refractivity contribution in [2.45, 2.75) is 52.1 Å². The Morgan fingerprint density at radius 2 is 2.18 bits per heavy atom. The predicted molar refractivity (Wildman–Crippen MR) is 71.5 cm³/mol. The zero-order chi connectivity index (χ0) is 12.6. The van der Waals surface area contributed by atoms with E-state index in [1.54, 1.807) is 0 Å². The molecule has 0 fully saturated rings. The van der Waals surface area contributed by atoms with Crippen LogP contribution in [0.4, 0.5) is 0 Å². The van der Waals surface area contributed by atoms with Gasteiger partial charge in [-0.3, -0.25) is 4.90 Å². The van der Waals surface area contributed by atoms with E-state index in [-0.39, 0.29) is 18.1 Å². The van der Waals surface area contributed by atoms with Gasteiger partial charge in [0.25, 0.3) is 0 Å². The van der Waals surface area contributed by atoms with Crippen LogP contribution in [0.15, 0.2) is 0 Å². The molecule has 96 valence electrons. The molecule has 1 atom stereocenters. The Kier molecular flexibility index (Phi) is 3.57. The summed E-state index contributed by atoms with van der Waals surface area (Å²) in [5, 5.41) is 10.5. The second-order valence-electron chi connectivity index (χ2n) is 5.89. The topological polar surface area (TPSA) is 36.4 Å². The molecule has 0 bridgehead atoms. The SMILES string of the molecule is CC(CO)N1CCc2nc(C(C)(C)C)sc2C1. The van der Waals surface area contributed by atoms with Crippen molar-refractivity contribution in [1.82, 2.24) is 9.88 Å². The Morgan fingerprint density at radius 3 is 2.76 bits per heavy atom. The van der Waals surface area contributed by atoms with Gasteiger partial charge in [0.2, 0.25) is 0 Å². The number of hydrogen-bond acceptors (Lipinski definition) is 4. The van der Waals surface area contributed by atoms with Gasteiger partial charge in [-0.25, -0.2) is 4.98 Å². The molecule has 2 heterocycles. The van der Waals surface area contributed by atoms with Crippen LogP contribution in [-0.2, 0) is 18.4 Å². The Morgan fingerprint density at radius 1 is 1.47 bits per heavy atom. The first-order valence-corrected chi connectivity index (χ1v) is 7.07. The van der Waals surface area contributed by atoms with E-state index in [9.17, 15) is 5.11 Å². The number of aromatic nitrogens is 1. The fourth-order valence-corrected chi connectivity index (χ4v) is 3.22. The highest BCUT2D eigenvalue weighted by Crippen LogP contribution is 2.32. The molecule has 1 aliphatic rings.